The maximum Gasteiger partial charge on any atom is 0.143 e. The number of rotatable bonds is 3. The van der Waals surface area contributed by atoms with Crippen molar-refractivity contribution in [2.75, 3.05) is 0 Å². The van der Waals surface area contributed by atoms with Crippen molar-refractivity contribution in [3.05, 3.63) is 164 Å². The van der Waals surface area contributed by atoms with Gasteiger partial charge in [0.05, 0.1) is 11.0 Å². The zero-order valence-electron chi connectivity index (χ0n) is 24.9. The standard InChI is InChI=1S/C44H27NO/c1-2-11-28(12-3-1)33-16-6-7-17-34(33)31-14-10-15-32(27-31)45-38-25-22-29-13-4-5-18-35(29)42(38)43-39(45)26-23-30-21-24-37-36-19-8-9-20-40(36)46-44(37)41(30)43/h1-27H. The number of furan rings is 1. The van der Waals surface area contributed by atoms with Crippen LogP contribution in [0.4, 0.5) is 0 Å². The molecule has 0 atom stereocenters. The number of para-hydroxylation sites is 1. The van der Waals surface area contributed by atoms with Gasteiger partial charge in [0.1, 0.15) is 11.2 Å². The molecule has 0 N–H and O–H groups in total. The van der Waals surface area contributed by atoms with Gasteiger partial charge in [0.25, 0.3) is 0 Å². The van der Waals surface area contributed by atoms with Crippen molar-refractivity contribution in [1.29, 1.82) is 0 Å². The molecule has 10 aromatic rings. The first-order valence-corrected chi connectivity index (χ1v) is 15.8. The van der Waals surface area contributed by atoms with Gasteiger partial charge in [0, 0.05) is 32.6 Å². The van der Waals surface area contributed by atoms with Crippen molar-refractivity contribution in [2.24, 2.45) is 0 Å². The van der Waals surface area contributed by atoms with Crippen LogP contribution in [0.2, 0.25) is 0 Å². The van der Waals surface area contributed by atoms with Crippen molar-refractivity contribution < 1.29 is 4.42 Å². The van der Waals surface area contributed by atoms with Crippen molar-refractivity contribution in [3.8, 4) is 27.9 Å². The Morgan fingerprint density at radius 3 is 1.91 bits per heavy atom. The predicted molar refractivity (Wildman–Crippen MR) is 194 cm³/mol. The van der Waals surface area contributed by atoms with Gasteiger partial charge >= 0.3 is 0 Å². The molecule has 0 unspecified atom stereocenters. The normalized spacial score (nSPS) is 11.9. The summed E-state index contributed by atoms with van der Waals surface area (Å²) in [7, 11) is 0. The van der Waals surface area contributed by atoms with Gasteiger partial charge in [-0.2, -0.15) is 0 Å². The topological polar surface area (TPSA) is 18.1 Å². The Hall–Kier alpha value is -6.12. The summed E-state index contributed by atoms with van der Waals surface area (Å²) in [5.74, 6) is 0. The molecule has 0 saturated carbocycles. The van der Waals surface area contributed by atoms with Crippen LogP contribution >= 0.6 is 0 Å². The van der Waals surface area contributed by atoms with Crippen LogP contribution in [0.5, 0.6) is 0 Å². The minimum atomic E-state index is 0.917. The van der Waals surface area contributed by atoms with Crippen LogP contribution < -0.4 is 0 Å². The second-order valence-corrected chi connectivity index (χ2v) is 12.1. The summed E-state index contributed by atoms with van der Waals surface area (Å²) in [5.41, 5.74) is 10.2. The molecule has 0 aliphatic rings. The number of benzene rings is 8. The van der Waals surface area contributed by atoms with Crippen LogP contribution in [0.1, 0.15) is 0 Å². The van der Waals surface area contributed by atoms with Gasteiger partial charge < -0.3 is 8.98 Å². The molecule has 8 aromatic carbocycles. The molecule has 0 saturated heterocycles. The maximum atomic E-state index is 6.67. The maximum absolute atomic E-state index is 6.67. The highest BCUT2D eigenvalue weighted by Gasteiger charge is 2.21. The largest absolute Gasteiger partial charge is 0.455 e. The minimum Gasteiger partial charge on any atom is -0.455 e. The highest BCUT2D eigenvalue weighted by molar-refractivity contribution is 6.33. The highest BCUT2D eigenvalue weighted by atomic mass is 16.3. The smallest absolute Gasteiger partial charge is 0.143 e. The molecular formula is C44H27NO. The first kappa shape index (κ1) is 25.2. The number of hydrogen-bond acceptors (Lipinski definition) is 1. The number of aromatic nitrogens is 1. The van der Waals surface area contributed by atoms with Gasteiger partial charge in [-0.25, -0.2) is 0 Å². The summed E-state index contributed by atoms with van der Waals surface area (Å²) in [6.07, 6.45) is 0. The molecule has 0 spiro atoms. The summed E-state index contributed by atoms with van der Waals surface area (Å²) in [6.45, 7) is 0. The number of hydrogen-bond donors (Lipinski definition) is 0. The second-order valence-electron chi connectivity index (χ2n) is 12.1. The Morgan fingerprint density at radius 2 is 1.04 bits per heavy atom. The van der Waals surface area contributed by atoms with E-state index < -0.39 is 0 Å². The van der Waals surface area contributed by atoms with Crippen molar-refractivity contribution in [1.82, 2.24) is 4.57 Å². The van der Waals surface area contributed by atoms with Crippen molar-refractivity contribution in [2.45, 2.75) is 0 Å². The van der Waals surface area contributed by atoms with E-state index in [1.807, 2.05) is 6.07 Å². The Balaban J connectivity index is 1.33. The quantitative estimate of drug-likeness (QED) is 0.202. The second kappa shape index (κ2) is 9.69. The van der Waals surface area contributed by atoms with E-state index in [2.05, 4.69) is 162 Å². The first-order valence-electron chi connectivity index (χ1n) is 15.8. The third-order valence-electron chi connectivity index (χ3n) is 9.57. The third kappa shape index (κ3) is 3.59. The molecule has 0 amide bonds. The average molecular weight is 586 g/mol. The lowest BCUT2D eigenvalue weighted by atomic mass is 9.94. The van der Waals surface area contributed by atoms with Crippen LogP contribution in [0.25, 0.3) is 93.2 Å². The van der Waals surface area contributed by atoms with Crippen LogP contribution in [0, 0.1) is 0 Å². The Morgan fingerprint density at radius 1 is 0.391 bits per heavy atom. The fourth-order valence-corrected chi connectivity index (χ4v) is 7.55. The molecule has 0 radical (unpaired) electrons. The molecule has 0 fully saturated rings. The lowest BCUT2D eigenvalue weighted by molar-refractivity contribution is 0.673. The molecule has 2 nitrogen and oxygen atoms in total. The molecule has 2 aromatic heterocycles. The SMILES string of the molecule is c1ccc(-c2ccccc2-c2cccc(-n3c4ccc5ccccc5c4c4c5c(ccc6c7ccccc7oc65)ccc43)c2)cc1. The van der Waals surface area contributed by atoms with E-state index in [9.17, 15) is 0 Å². The molecule has 0 aliphatic carbocycles. The van der Waals surface area contributed by atoms with Gasteiger partial charge in [0.15, 0.2) is 0 Å². The number of nitrogens with zero attached hydrogens (tertiary/aromatic N) is 1. The van der Waals surface area contributed by atoms with Gasteiger partial charge in [-0.05, 0) is 74.8 Å². The van der Waals surface area contributed by atoms with E-state index >= 15 is 0 Å². The van der Waals surface area contributed by atoms with Gasteiger partial charge in [0.2, 0.25) is 0 Å². The van der Waals surface area contributed by atoms with Gasteiger partial charge in [-0.1, -0.05) is 127 Å². The summed E-state index contributed by atoms with van der Waals surface area (Å²) >= 11 is 0. The molecule has 2 heterocycles. The molecule has 0 aliphatic heterocycles. The molecule has 214 valence electrons. The van der Waals surface area contributed by atoms with E-state index in [0.717, 1.165) is 33.0 Å². The van der Waals surface area contributed by atoms with E-state index in [0.29, 0.717) is 0 Å². The lowest BCUT2D eigenvalue weighted by Crippen LogP contribution is -1.95. The zero-order chi connectivity index (χ0) is 30.2. The zero-order valence-corrected chi connectivity index (χ0v) is 24.9. The van der Waals surface area contributed by atoms with Crippen LogP contribution in [-0.2, 0) is 0 Å². The lowest BCUT2D eigenvalue weighted by Gasteiger charge is -2.13. The molecule has 10 rings (SSSR count). The van der Waals surface area contributed by atoms with Crippen LogP contribution in [-0.4, -0.2) is 4.57 Å². The van der Waals surface area contributed by atoms with E-state index in [1.165, 1.54) is 60.2 Å². The molecule has 46 heavy (non-hydrogen) atoms. The highest BCUT2D eigenvalue weighted by Crippen LogP contribution is 2.44. The predicted octanol–water partition coefficient (Wildman–Crippen LogP) is 12.3. The summed E-state index contributed by atoms with van der Waals surface area (Å²) in [4.78, 5) is 0. The van der Waals surface area contributed by atoms with E-state index in [4.69, 9.17) is 4.42 Å². The minimum absolute atomic E-state index is 0.917. The van der Waals surface area contributed by atoms with E-state index in [-0.39, 0.29) is 0 Å². The van der Waals surface area contributed by atoms with Crippen molar-refractivity contribution >= 4 is 65.3 Å². The summed E-state index contributed by atoms with van der Waals surface area (Å²) in [6, 6.07) is 58.9. The van der Waals surface area contributed by atoms with E-state index in [1.54, 1.807) is 0 Å². The fraction of sp³-hybridized carbons (Fsp3) is 0. The Kier molecular flexibility index (Phi) is 5.31. The van der Waals surface area contributed by atoms with Crippen LogP contribution in [0.3, 0.4) is 0 Å². The first-order chi connectivity index (χ1) is 22.8. The molecule has 0 bridgehead atoms. The molecule has 2 heteroatoms. The third-order valence-corrected chi connectivity index (χ3v) is 9.57. The van der Waals surface area contributed by atoms with Crippen molar-refractivity contribution in [3.63, 3.8) is 0 Å². The summed E-state index contributed by atoms with van der Waals surface area (Å²) in [5, 5.41) is 9.59. The van der Waals surface area contributed by atoms with Crippen LogP contribution in [0.15, 0.2) is 168 Å². The van der Waals surface area contributed by atoms with Gasteiger partial charge in [-0.15, -0.1) is 0 Å². The summed E-state index contributed by atoms with van der Waals surface area (Å²) < 4.78 is 9.11. The fourth-order valence-electron chi connectivity index (χ4n) is 7.55. The number of fused-ring (bicyclic) bond motifs is 11. The van der Waals surface area contributed by atoms with Gasteiger partial charge in [-0.3, -0.25) is 0 Å². The Labute approximate surface area is 265 Å². The average Bonchev–Trinajstić information content (AvgIpc) is 3.68. The monoisotopic (exact) mass is 585 g/mol. The Bertz CT molecular complexity index is 2800. The molecular weight excluding hydrogens is 558 g/mol.